The van der Waals surface area contributed by atoms with Crippen molar-refractivity contribution in [2.45, 2.75) is 4.90 Å². The van der Waals surface area contributed by atoms with Crippen molar-refractivity contribution in [1.82, 2.24) is 25.1 Å². The summed E-state index contributed by atoms with van der Waals surface area (Å²) in [6.45, 7) is 0. The molecule has 0 radical (unpaired) electrons. The van der Waals surface area contributed by atoms with Gasteiger partial charge in [0.15, 0.2) is 0 Å². The van der Waals surface area contributed by atoms with Crippen molar-refractivity contribution in [3.8, 4) is 28.1 Å². The monoisotopic (exact) mass is 494 g/mol. The summed E-state index contributed by atoms with van der Waals surface area (Å²) in [5.74, 6) is -2.14. The van der Waals surface area contributed by atoms with Crippen LogP contribution in [0.3, 0.4) is 0 Å². The Morgan fingerprint density at radius 2 is 1.74 bits per heavy atom. The second kappa shape index (κ2) is 8.72. The van der Waals surface area contributed by atoms with Gasteiger partial charge >= 0.3 is 0 Å². The molecular formula is C23H16F2N6O3S. The highest BCUT2D eigenvalue weighted by Crippen LogP contribution is 2.33. The van der Waals surface area contributed by atoms with E-state index >= 15 is 0 Å². The number of rotatable bonds is 6. The molecule has 176 valence electrons. The summed E-state index contributed by atoms with van der Waals surface area (Å²) in [4.78, 5) is 11.0. The molecule has 0 saturated heterocycles. The van der Waals surface area contributed by atoms with Gasteiger partial charge in [-0.05, 0) is 30.3 Å². The molecule has 35 heavy (non-hydrogen) atoms. The van der Waals surface area contributed by atoms with Crippen molar-refractivity contribution >= 4 is 26.7 Å². The zero-order valence-electron chi connectivity index (χ0n) is 18.0. The van der Waals surface area contributed by atoms with E-state index in [1.54, 1.807) is 18.6 Å². The molecule has 0 aliphatic heterocycles. The van der Waals surface area contributed by atoms with Gasteiger partial charge in [0.2, 0.25) is 5.88 Å². The number of nitrogens with one attached hydrogen (secondary N) is 2. The molecule has 9 nitrogen and oxygen atoms in total. The van der Waals surface area contributed by atoms with Gasteiger partial charge < -0.3 is 9.72 Å². The Kier molecular flexibility index (Phi) is 5.57. The molecular weight excluding hydrogens is 478 g/mol. The van der Waals surface area contributed by atoms with Crippen molar-refractivity contribution in [3.63, 3.8) is 0 Å². The average Bonchev–Trinajstić information content (AvgIpc) is 3.27. The predicted octanol–water partition coefficient (Wildman–Crippen LogP) is 4.17. The van der Waals surface area contributed by atoms with E-state index in [-0.39, 0.29) is 11.6 Å². The lowest BCUT2D eigenvalue weighted by Crippen LogP contribution is -2.15. The third-order valence-corrected chi connectivity index (χ3v) is 6.63. The average molecular weight is 494 g/mol. The van der Waals surface area contributed by atoms with Crippen LogP contribution >= 0.6 is 0 Å². The molecule has 0 fully saturated rings. The topological polar surface area (TPSA) is 123 Å². The Morgan fingerprint density at radius 1 is 0.943 bits per heavy atom. The number of aromatic nitrogens is 5. The largest absolute Gasteiger partial charge is 0.480 e. The summed E-state index contributed by atoms with van der Waals surface area (Å²) >= 11 is 0. The number of nitrogens with zero attached hydrogens (tertiary/aromatic N) is 4. The van der Waals surface area contributed by atoms with Crippen molar-refractivity contribution in [2.24, 2.45) is 0 Å². The van der Waals surface area contributed by atoms with E-state index in [0.717, 1.165) is 28.6 Å². The van der Waals surface area contributed by atoms with Crippen LogP contribution in [0.5, 0.6) is 5.88 Å². The number of pyridine rings is 2. The molecule has 4 aromatic heterocycles. The SMILES string of the molecule is COc1ncc(-c2cnc3[nH]cc(-c4ccnnc4)c3c2)cc1NS(=O)(=O)c1ccc(F)cc1F. The maximum atomic E-state index is 14.1. The Hall–Kier alpha value is -4.45. The lowest BCUT2D eigenvalue weighted by molar-refractivity contribution is 0.400. The van der Waals surface area contributed by atoms with Crippen LogP contribution in [-0.2, 0) is 10.0 Å². The zero-order valence-corrected chi connectivity index (χ0v) is 18.8. The van der Waals surface area contributed by atoms with Gasteiger partial charge in [0.1, 0.15) is 27.9 Å². The molecule has 0 aliphatic rings. The molecule has 2 N–H and O–H groups in total. The first-order chi connectivity index (χ1) is 16.9. The summed E-state index contributed by atoms with van der Waals surface area (Å²) in [6, 6.07) is 7.38. The minimum Gasteiger partial charge on any atom is -0.480 e. The minimum absolute atomic E-state index is 0.0264. The molecule has 0 unspecified atom stereocenters. The zero-order chi connectivity index (χ0) is 24.6. The van der Waals surface area contributed by atoms with Gasteiger partial charge in [-0.15, -0.1) is 0 Å². The molecule has 5 rings (SSSR count). The van der Waals surface area contributed by atoms with Crippen molar-refractivity contribution in [1.29, 1.82) is 0 Å². The molecule has 0 atom stereocenters. The first-order valence-corrected chi connectivity index (χ1v) is 11.6. The van der Waals surface area contributed by atoms with Crippen LogP contribution in [0.2, 0.25) is 0 Å². The highest BCUT2D eigenvalue weighted by molar-refractivity contribution is 7.92. The fourth-order valence-corrected chi connectivity index (χ4v) is 4.70. The van der Waals surface area contributed by atoms with E-state index in [2.05, 4.69) is 29.9 Å². The van der Waals surface area contributed by atoms with Crippen LogP contribution in [0.4, 0.5) is 14.5 Å². The maximum Gasteiger partial charge on any atom is 0.264 e. The Morgan fingerprint density at radius 3 is 2.49 bits per heavy atom. The molecule has 0 spiro atoms. The lowest BCUT2D eigenvalue weighted by atomic mass is 10.0. The number of ether oxygens (including phenoxy) is 1. The number of methoxy groups -OCH3 is 1. The normalized spacial score (nSPS) is 11.5. The predicted molar refractivity (Wildman–Crippen MR) is 124 cm³/mol. The third-order valence-electron chi connectivity index (χ3n) is 5.23. The molecule has 1 aromatic carbocycles. The standard InChI is InChI=1S/C23H16F2N6O3S/c1-34-23-20(31-35(32,33)21-3-2-16(24)8-19(21)25)7-15(10-28-23)14-6-17-18(12-27-22(17)26-9-14)13-4-5-29-30-11-13/h2-12,31H,1H3,(H,26,27). The summed E-state index contributed by atoms with van der Waals surface area (Å²) in [7, 11) is -3.09. The summed E-state index contributed by atoms with van der Waals surface area (Å²) in [5, 5.41) is 8.51. The second-order valence-corrected chi connectivity index (χ2v) is 9.07. The fraction of sp³-hybridized carbons (Fsp3) is 0.0435. The smallest absolute Gasteiger partial charge is 0.264 e. The van der Waals surface area contributed by atoms with E-state index in [9.17, 15) is 17.2 Å². The highest BCUT2D eigenvalue weighted by Gasteiger charge is 2.22. The van der Waals surface area contributed by atoms with Crippen LogP contribution in [0, 0.1) is 11.6 Å². The number of aromatic amines is 1. The number of hydrogen-bond donors (Lipinski definition) is 2. The first kappa shape index (κ1) is 22.3. The Bertz CT molecular complexity index is 1660. The van der Waals surface area contributed by atoms with E-state index < -0.39 is 26.6 Å². The summed E-state index contributed by atoms with van der Waals surface area (Å²) in [5.41, 5.74) is 3.49. The number of sulfonamides is 1. The molecule has 0 amide bonds. The molecule has 0 aliphatic carbocycles. The second-order valence-electron chi connectivity index (χ2n) is 7.41. The summed E-state index contributed by atoms with van der Waals surface area (Å²) in [6.07, 6.45) is 8.13. The van der Waals surface area contributed by atoms with Gasteiger partial charge in [-0.25, -0.2) is 27.2 Å². The van der Waals surface area contributed by atoms with Crippen LogP contribution in [0.25, 0.3) is 33.3 Å². The van der Waals surface area contributed by atoms with E-state index in [1.807, 2.05) is 18.3 Å². The van der Waals surface area contributed by atoms with Crippen LogP contribution < -0.4 is 9.46 Å². The quantitative estimate of drug-likeness (QED) is 0.363. The number of hydrogen-bond acceptors (Lipinski definition) is 7. The lowest BCUT2D eigenvalue weighted by Gasteiger charge is -2.13. The van der Waals surface area contributed by atoms with Gasteiger partial charge in [-0.1, -0.05) is 0 Å². The fourth-order valence-electron chi connectivity index (χ4n) is 3.59. The van der Waals surface area contributed by atoms with Crippen LogP contribution in [0.15, 0.2) is 72.3 Å². The third kappa shape index (κ3) is 4.26. The molecule has 0 bridgehead atoms. The highest BCUT2D eigenvalue weighted by atomic mass is 32.2. The molecule has 12 heteroatoms. The van der Waals surface area contributed by atoms with Crippen LogP contribution in [0.1, 0.15) is 0 Å². The van der Waals surface area contributed by atoms with Gasteiger partial charge in [-0.2, -0.15) is 10.2 Å². The van der Waals surface area contributed by atoms with Crippen molar-refractivity contribution in [3.05, 3.63) is 79.0 Å². The molecule has 5 aromatic rings. The van der Waals surface area contributed by atoms with Crippen molar-refractivity contribution < 1.29 is 21.9 Å². The van der Waals surface area contributed by atoms with E-state index in [0.29, 0.717) is 22.8 Å². The minimum atomic E-state index is -4.41. The van der Waals surface area contributed by atoms with E-state index in [1.165, 1.54) is 19.4 Å². The number of halogens is 2. The molecule has 0 saturated carbocycles. The van der Waals surface area contributed by atoms with Gasteiger partial charge in [-0.3, -0.25) is 4.72 Å². The van der Waals surface area contributed by atoms with Gasteiger partial charge in [0, 0.05) is 52.3 Å². The summed E-state index contributed by atoms with van der Waals surface area (Å²) < 4.78 is 60.5. The first-order valence-electron chi connectivity index (χ1n) is 10.1. The number of H-pyrrole nitrogens is 1. The Labute approximate surface area is 197 Å². The van der Waals surface area contributed by atoms with E-state index in [4.69, 9.17) is 4.74 Å². The van der Waals surface area contributed by atoms with Gasteiger partial charge in [0.25, 0.3) is 10.0 Å². The molecule has 4 heterocycles. The maximum absolute atomic E-state index is 14.1. The van der Waals surface area contributed by atoms with Crippen LogP contribution in [-0.4, -0.2) is 40.7 Å². The number of benzene rings is 1. The van der Waals surface area contributed by atoms with Crippen molar-refractivity contribution in [2.75, 3.05) is 11.8 Å². The Balaban J connectivity index is 1.56. The number of anilines is 1. The number of fused-ring (bicyclic) bond motifs is 1. The van der Waals surface area contributed by atoms with Gasteiger partial charge in [0.05, 0.1) is 19.5 Å².